The first-order valence-corrected chi connectivity index (χ1v) is 14.9. The van der Waals surface area contributed by atoms with E-state index >= 15 is 0 Å². The number of rotatable bonds is 4. The van der Waals surface area contributed by atoms with Crippen molar-refractivity contribution in [1.29, 1.82) is 10.7 Å². The minimum atomic E-state index is 0.0220. The van der Waals surface area contributed by atoms with Gasteiger partial charge in [-0.2, -0.15) is 5.26 Å². The highest BCUT2D eigenvalue weighted by atomic mass is 16.3. The van der Waals surface area contributed by atoms with E-state index < -0.39 is 0 Å². The lowest BCUT2D eigenvalue weighted by molar-refractivity contribution is 0.669. The van der Waals surface area contributed by atoms with Gasteiger partial charge in [-0.15, -0.1) is 0 Å². The maximum absolute atomic E-state index is 9.40. The Kier molecular flexibility index (Phi) is 6.55. The Hall–Kier alpha value is -6.58. The highest BCUT2D eigenvalue weighted by Gasteiger charge is 2.17. The number of nitriles is 1. The van der Waals surface area contributed by atoms with Crippen LogP contribution in [0.1, 0.15) is 22.3 Å². The van der Waals surface area contributed by atoms with Gasteiger partial charge < -0.3 is 8.98 Å². The Morgan fingerprint density at radius 2 is 1.41 bits per heavy atom. The minimum absolute atomic E-state index is 0.0220. The molecule has 6 nitrogen and oxygen atoms in total. The van der Waals surface area contributed by atoms with Crippen LogP contribution in [-0.4, -0.2) is 22.5 Å². The fourth-order valence-corrected chi connectivity index (χ4v) is 6.00. The van der Waals surface area contributed by atoms with Crippen LogP contribution >= 0.6 is 0 Å². The summed E-state index contributed by atoms with van der Waals surface area (Å²) in [5.74, 6) is 0.413. The largest absolute Gasteiger partial charge is 0.456 e. The van der Waals surface area contributed by atoms with E-state index in [1.165, 1.54) is 0 Å². The van der Waals surface area contributed by atoms with E-state index in [9.17, 15) is 5.26 Å². The molecule has 46 heavy (non-hydrogen) atoms. The number of amidine groups is 2. The number of hydrogen-bond donors (Lipinski definition) is 1. The van der Waals surface area contributed by atoms with E-state index in [1.807, 2.05) is 60.7 Å². The molecule has 0 aliphatic carbocycles. The van der Waals surface area contributed by atoms with Crippen molar-refractivity contribution in [2.75, 3.05) is 0 Å². The normalized spacial score (nSPS) is 12.0. The zero-order valence-corrected chi connectivity index (χ0v) is 24.6. The summed E-state index contributed by atoms with van der Waals surface area (Å²) >= 11 is 0. The molecule has 0 spiro atoms. The number of aromatic nitrogens is 1. The van der Waals surface area contributed by atoms with Crippen molar-refractivity contribution in [2.45, 2.75) is 0 Å². The molecule has 0 bridgehead atoms. The number of hydrogen-bond acceptors (Lipinski definition) is 3. The molecular formula is C40H25N5O. The van der Waals surface area contributed by atoms with Crippen LogP contribution in [0.25, 0.3) is 49.4 Å². The maximum atomic E-state index is 9.40. The average molecular weight is 592 g/mol. The Morgan fingerprint density at radius 3 is 2.28 bits per heavy atom. The SMILES string of the molecule is N#Cc1cccc(C(=N)/N=C(\N=C\c2ccccc2)c2cccc(-n3c4ccccc4c4cc5oc6ccccc6c5cc43)c2)c1. The second-order valence-electron chi connectivity index (χ2n) is 11.0. The smallest absolute Gasteiger partial charge is 0.161 e. The molecular weight excluding hydrogens is 566 g/mol. The molecule has 0 amide bonds. The number of fused-ring (bicyclic) bond motifs is 6. The van der Waals surface area contributed by atoms with Gasteiger partial charge in [-0.25, -0.2) is 9.98 Å². The zero-order valence-electron chi connectivity index (χ0n) is 24.6. The summed E-state index contributed by atoms with van der Waals surface area (Å²) in [6.07, 6.45) is 1.76. The third-order valence-electron chi connectivity index (χ3n) is 8.15. The van der Waals surface area contributed by atoms with Crippen LogP contribution in [0, 0.1) is 16.7 Å². The first kappa shape index (κ1) is 27.0. The predicted octanol–water partition coefficient (Wildman–Crippen LogP) is 9.45. The Morgan fingerprint density at radius 1 is 0.652 bits per heavy atom. The number of para-hydroxylation sites is 2. The lowest BCUT2D eigenvalue weighted by Gasteiger charge is -2.11. The van der Waals surface area contributed by atoms with Gasteiger partial charge in [0.2, 0.25) is 0 Å². The summed E-state index contributed by atoms with van der Waals surface area (Å²) in [7, 11) is 0. The Balaban J connectivity index is 1.31. The number of furan rings is 1. The third-order valence-corrected chi connectivity index (χ3v) is 8.15. The van der Waals surface area contributed by atoms with Crippen LogP contribution in [0.2, 0.25) is 0 Å². The standard InChI is InChI=1S/C40H25N5O/c41-24-27-12-8-13-28(20-27)39(42)44-40(43-25-26-10-2-1-3-11-26)29-14-9-15-30(21-29)45-35-18-6-4-16-31(35)33-23-38-34(22-36(33)45)32-17-5-7-19-37(32)46-38/h1-23,25,42H/b42-39?,43-25+,44-40-. The summed E-state index contributed by atoms with van der Waals surface area (Å²) in [5, 5.41) is 22.6. The van der Waals surface area contributed by atoms with Crippen LogP contribution in [0.4, 0.5) is 0 Å². The summed E-state index contributed by atoms with van der Waals surface area (Å²) in [6.45, 7) is 0. The lowest BCUT2D eigenvalue weighted by atomic mass is 10.1. The van der Waals surface area contributed by atoms with E-state index in [2.05, 4.69) is 65.2 Å². The first-order chi connectivity index (χ1) is 22.7. The van der Waals surface area contributed by atoms with Gasteiger partial charge in [0.1, 0.15) is 11.2 Å². The highest BCUT2D eigenvalue weighted by molar-refractivity contribution is 6.17. The summed E-state index contributed by atoms with van der Waals surface area (Å²) < 4.78 is 8.51. The number of nitrogens with one attached hydrogen (secondary N) is 1. The van der Waals surface area contributed by atoms with Crippen LogP contribution in [0.5, 0.6) is 0 Å². The van der Waals surface area contributed by atoms with Gasteiger partial charge in [-0.05, 0) is 54.1 Å². The van der Waals surface area contributed by atoms with Crippen molar-refractivity contribution in [3.63, 3.8) is 0 Å². The van der Waals surface area contributed by atoms with Crippen LogP contribution in [-0.2, 0) is 0 Å². The van der Waals surface area contributed by atoms with E-state index in [4.69, 9.17) is 19.8 Å². The lowest BCUT2D eigenvalue weighted by Crippen LogP contribution is -2.06. The quantitative estimate of drug-likeness (QED) is 0.163. The van der Waals surface area contributed by atoms with Crippen molar-refractivity contribution in [1.82, 2.24) is 4.57 Å². The Labute approximate surface area is 264 Å². The van der Waals surface area contributed by atoms with Crippen molar-refractivity contribution >= 4 is 61.6 Å². The van der Waals surface area contributed by atoms with Gasteiger partial charge in [-0.3, -0.25) is 5.41 Å². The van der Waals surface area contributed by atoms with Gasteiger partial charge in [0.25, 0.3) is 0 Å². The molecule has 1 N–H and O–H groups in total. The average Bonchev–Trinajstić information content (AvgIpc) is 3.64. The van der Waals surface area contributed by atoms with Gasteiger partial charge >= 0.3 is 0 Å². The van der Waals surface area contributed by atoms with E-state index in [1.54, 1.807) is 30.5 Å². The third kappa shape index (κ3) is 4.73. The molecule has 0 radical (unpaired) electrons. The Bertz CT molecular complexity index is 2560. The minimum Gasteiger partial charge on any atom is -0.456 e. The highest BCUT2D eigenvalue weighted by Crippen LogP contribution is 2.38. The van der Waals surface area contributed by atoms with Gasteiger partial charge in [0.05, 0.1) is 22.7 Å². The second kappa shape index (κ2) is 11.2. The van der Waals surface area contributed by atoms with E-state index in [0.29, 0.717) is 17.0 Å². The molecule has 0 unspecified atom stereocenters. The molecule has 8 rings (SSSR count). The summed E-state index contributed by atoms with van der Waals surface area (Å²) in [5.41, 5.74) is 7.48. The van der Waals surface area contributed by atoms with Crippen LogP contribution in [0.15, 0.2) is 154 Å². The number of nitrogens with zero attached hydrogens (tertiary/aromatic N) is 4. The molecule has 0 aliphatic rings. The fraction of sp³-hybridized carbons (Fsp3) is 0. The zero-order chi connectivity index (χ0) is 31.0. The molecule has 6 aromatic carbocycles. The molecule has 0 saturated heterocycles. The molecule has 0 aliphatic heterocycles. The van der Waals surface area contributed by atoms with Crippen molar-refractivity contribution in [3.05, 3.63) is 162 Å². The fourth-order valence-electron chi connectivity index (χ4n) is 6.00. The van der Waals surface area contributed by atoms with Crippen LogP contribution in [0.3, 0.4) is 0 Å². The summed E-state index contributed by atoms with van der Waals surface area (Å²) in [4.78, 5) is 9.48. The van der Waals surface area contributed by atoms with Gasteiger partial charge in [0, 0.05) is 44.6 Å². The first-order valence-electron chi connectivity index (χ1n) is 14.9. The molecule has 2 heterocycles. The van der Waals surface area contributed by atoms with Crippen molar-refractivity contribution < 1.29 is 4.42 Å². The van der Waals surface area contributed by atoms with Crippen molar-refractivity contribution in [2.24, 2.45) is 9.98 Å². The molecule has 0 fully saturated rings. The topological polar surface area (TPSA) is 90.4 Å². The molecule has 6 heteroatoms. The van der Waals surface area contributed by atoms with E-state index in [-0.39, 0.29) is 5.84 Å². The van der Waals surface area contributed by atoms with Gasteiger partial charge in [0.15, 0.2) is 11.7 Å². The molecule has 2 aromatic heterocycles. The maximum Gasteiger partial charge on any atom is 0.161 e. The molecule has 0 atom stereocenters. The van der Waals surface area contributed by atoms with Crippen LogP contribution < -0.4 is 0 Å². The number of aliphatic imine (C=N–C) groups is 2. The predicted molar refractivity (Wildman–Crippen MR) is 187 cm³/mol. The molecule has 216 valence electrons. The molecule has 0 saturated carbocycles. The van der Waals surface area contributed by atoms with E-state index in [0.717, 1.165) is 60.6 Å². The van der Waals surface area contributed by atoms with Crippen molar-refractivity contribution in [3.8, 4) is 11.8 Å². The monoisotopic (exact) mass is 591 g/mol. The van der Waals surface area contributed by atoms with Gasteiger partial charge in [-0.1, -0.05) is 91.0 Å². The summed E-state index contributed by atoms with van der Waals surface area (Å²) in [6, 6.07) is 47.8. The number of benzene rings is 6. The molecule has 8 aromatic rings. The second-order valence-corrected chi connectivity index (χ2v) is 11.0.